The zero-order valence-corrected chi connectivity index (χ0v) is 15.9. The number of unbranched alkanes of at least 4 members (excludes halogenated alkanes) is 2. The van der Waals surface area contributed by atoms with Crippen LogP contribution in [0.3, 0.4) is 0 Å². The molecule has 0 unspecified atom stereocenters. The van der Waals surface area contributed by atoms with Gasteiger partial charge in [0.15, 0.2) is 0 Å². The Bertz CT molecular complexity index is 561. The van der Waals surface area contributed by atoms with Crippen LogP contribution in [0.15, 0.2) is 12.1 Å². The van der Waals surface area contributed by atoms with Crippen LogP contribution in [-0.4, -0.2) is 35.3 Å². The summed E-state index contributed by atoms with van der Waals surface area (Å²) in [4.78, 5) is 18.4. The van der Waals surface area contributed by atoms with Crippen molar-refractivity contribution >= 4 is 5.78 Å². The fraction of sp³-hybridized carbons (Fsp3) is 0.727. The summed E-state index contributed by atoms with van der Waals surface area (Å²) < 4.78 is 0. The molecule has 1 fully saturated rings. The number of hydrogen-bond donors (Lipinski definition) is 0. The molecule has 25 heavy (non-hydrogen) atoms. The highest BCUT2D eigenvalue weighted by Crippen LogP contribution is 2.24. The zero-order chi connectivity index (χ0) is 17.5. The van der Waals surface area contributed by atoms with Gasteiger partial charge in [0.05, 0.1) is 6.54 Å². The molecular formula is C22H34N2O. The second-order valence-electron chi connectivity index (χ2n) is 8.14. The van der Waals surface area contributed by atoms with E-state index in [1.54, 1.807) is 6.92 Å². The third-order valence-electron chi connectivity index (χ3n) is 5.93. The van der Waals surface area contributed by atoms with Crippen molar-refractivity contribution in [2.24, 2.45) is 5.92 Å². The van der Waals surface area contributed by atoms with Crippen molar-refractivity contribution in [1.29, 1.82) is 0 Å². The van der Waals surface area contributed by atoms with E-state index >= 15 is 0 Å². The lowest BCUT2D eigenvalue weighted by Crippen LogP contribution is -2.36. The largest absolute Gasteiger partial charge is 0.299 e. The average Bonchev–Trinajstić information content (AvgIpc) is 2.62. The Balaban J connectivity index is 1.29. The molecule has 0 aromatic carbocycles. The van der Waals surface area contributed by atoms with E-state index in [2.05, 4.69) is 17.0 Å². The number of ketones is 1. The van der Waals surface area contributed by atoms with Crippen LogP contribution in [0.5, 0.6) is 0 Å². The highest BCUT2D eigenvalue weighted by molar-refractivity contribution is 5.77. The van der Waals surface area contributed by atoms with Crippen LogP contribution in [0.1, 0.15) is 75.2 Å². The molecule has 1 aliphatic carbocycles. The van der Waals surface area contributed by atoms with Gasteiger partial charge in [-0.05, 0) is 88.9 Å². The van der Waals surface area contributed by atoms with Crippen LogP contribution < -0.4 is 0 Å². The van der Waals surface area contributed by atoms with Crippen LogP contribution in [0.2, 0.25) is 0 Å². The SMILES string of the molecule is CC(=O)CN1CCC(CCCCCc2ccc3c(n2)CCCC3)CC1. The van der Waals surface area contributed by atoms with Gasteiger partial charge in [0.25, 0.3) is 0 Å². The van der Waals surface area contributed by atoms with Crippen molar-refractivity contribution in [1.82, 2.24) is 9.88 Å². The summed E-state index contributed by atoms with van der Waals surface area (Å²) in [6, 6.07) is 4.58. The van der Waals surface area contributed by atoms with Gasteiger partial charge in [-0.3, -0.25) is 14.7 Å². The van der Waals surface area contributed by atoms with E-state index in [0.29, 0.717) is 12.3 Å². The Morgan fingerprint density at radius 1 is 1.12 bits per heavy atom. The Morgan fingerprint density at radius 3 is 2.72 bits per heavy atom. The molecule has 3 rings (SSSR count). The van der Waals surface area contributed by atoms with Crippen molar-refractivity contribution < 1.29 is 4.79 Å². The number of nitrogens with zero attached hydrogens (tertiary/aromatic N) is 2. The molecule has 1 saturated heterocycles. The molecule has 0 spiro atoms. The molecule has 0 amide bonds. The standard InChI is InChI=1S/C22H34N2O/c1-18(25)17-24-15-13-19(14-16-24)7-3-2-4-9-21-12-11-20-8-5-6-10-22(20)23-21/h11-12,19H,2-10,13-17H2,1H3. The lowest BCUT2D eigenvalue weighted by molar-refractivity contribution is -0.118. The number of aromatic nitrogens is 1. The van der Waals surface area contributed by atoms with Crippen molar-refractivity contribution in [2.45, 2.75) is 77.6 Å². The van der Waals surface area contributed by atoms with Crippen LogP contribution in [-0.2, 0) is 24.1 Å². The summed E-state index contributed by atoms with van der Waals surface area (Å²) >= 11 is 0. The quantitative estimate of drug-likeness (QED) is 0.658. The molecule has 0 N–H and O–H groups in total. The maximum absolute atomic E-state index is 11.2. The maximum Gasteiger partial charge on any atom is 0.143 e. The van der Waals surface area contributed by atoms with Gasteiger partial charge in [-0.2, -0.15) is 0 Å². The Kier molecular flexibility index (Phi) is 7.03. The molecule has 0 bridgehead atoms. The van der Waals surface area contributed by atoms with Crippen molar-refractivity contribution in [3.8, 4) is 0 Å². The van der Waals surface area contributed by atoms with Gasteiger partial charge >= 0.3 is 0 Å². The first-order valence-electron chi connectivity index (χ1n) is 10.4. The fourth-order valence-corrected chi connectivity index (χ4v) is 4.43. The first-order valence-corrected chi connectivity index (χ1v) is 10.4. The molecule has 0 saturated carbocycles. The van der Waals surface area contributed by atoms with Gasteiger partial charge in [0.2, 0.25) is 0 Å². The summed E-state index contributed by atoms with van der Waals surface area (Å²) in [6.45, 7) is 4.58. The van der Waals surface area contributed by atoms with Gasteiger partial charge in [0.1, 0.15) is 5.78 Å². The number of pyridine rings is 1. The number of piperidine rings is 1. The third kappa shape index (κ3) is 5.91. The molecule has 3 heteroatoms. The number of Topliss-reactive ketones (excluding diaryl/α,β-unsaturated/α-hetero) is 1. The number of hydrogen-bond acceptors (Lipinski definition) is 3. The van der Waals surface area contributed by atoms with Crippen LogP contribution in [0.4, 0.5) is 0 Å². The molecule has 0 radical (unpaired) electrons. The number of fused-ring (bicyclic) bond motifs is 1. The number of rotatable bonds is 8. The smallest absolute Gasteiger partial charge is 0.143 e. The van der Waals surface area contributed by atoms with Gasteiger partial charge in [-0.1, -0.05) is 25.3 Å². The van der Waals surface area contributed by atoms with Crippen LogP contribution >= 0.6 is 0 Å². The zero-order valence-electron chi connectivity index (χ0n) is 15.9. The minimum atomic E-state index is 0.300. The van der Waals surface area contributed by atoms with Crippen molar-refractivity contribution in [3.05, 3.63) is 29.1 Å². The second-order valence-corrected chi connectivity index (χ2v) is 8.14. The Labute approximate surface area is 153 Å². The second kappa shape index (κ2) is 9.47. The fourth-order valence-electron chi connectivity index (χ4n) is 4.43. The van der Waals surface area contributed by atoms with E-state index in [4.69, 9.17) is 4.98 Å². The van der Waals surface area contributed by atoms with E-state index in [1.807, 2.05) is 0 Å². The summed E-state index contributed by atoms with van der Waals surface area (Å²) in [6.07, 6.45) is 14.1. The highest BCUT2D eigenvalue weighted by Gasteiger charge is 2.19. The van der Waals surface area contributed by atoms with Gasteiger partial charge in [0, 0.05) is 11.4 Å². The molecular weight excluding hydrogens is 308 g/mol. The molecule has 1 aromatic rings. The summed E-state index contributed by atoms with van der Waals surface area (Å²) in [5.41, 5.74) is 4.17. The molecule has 0 atom stereocenters. The van der Waals surface area contributed by atoms with E-state index in [0.717, 1.165) is 25.4 Å². The molecule has 2 heterocycles. The van der Waals surface area contributed by atoms with Gasteiger partial charge in [-0.15, -0.1) is 0 Å². The highest BCUT2D eigenvalue weighted by atomic mass is 16.1. The number of aryl methyl sites for hydroxylation is 3. The molecule has 2 aliphatic rings. The Morgan fingerprint density at radius 2 is 1.92 bits per heavy atom. The topological polar surface area (TPSA) is 33.2 Å². The minimum Gasteiger partial charge on any atom is -0.299 e. The molecule has 138 valence electrons. The number of likely N-dealkylation sites (tertiary alicyclic amines) is 1. The number of carbonyl (C=O) groups excluding carboxylic acids is 1. The summed E-state index contributed by atoms with van der Waals surface area (Å²) in [5.74, 6) is 1.18. The Hall–Kier alpha value is -1.22. The van der Waals surface area contributed by atoms with Crippen molar-refractivity contribution in [3.63, 3.8) is 0 Å². The predicted octanol–water partition coefficient (Wildman–Crippen LogP) is 4.36. The lowest BCUT2D eigenvalue weighted by Gasteiger charge is -2.31. The van der Waals surface area contributed by atoms with Gasteiger partial charge in [-0.25, -0.2) is 0 Å². The monoisotopic (exact) mass is 342 g/mol. The van der Waals surface area contributed by atoms with Gasteiger partial charge < -0.3 is 0 Å². The molecule has 1 aliphatic heterocycles. The first-order chi connectivity index (χ1) is 12.2. The van der Waals surface area contributed by atoms with Crippen molar-refractivity contribution in [2.75, 3.05) is 19.6 Å². The minimum absolute atomic E-state index is 0.300. The van der Waals surface area contributed by atoms with E-state index in [-0.39, 0.29) is 0 Å². The average molecular weight is 343 g/mol. The molecule has 3 nitrogen and oxygen atoms in total. The van der Waals surface area contributed by atoms with Crippen LogP contribution in [0.25, 0.3) is 0 Å². The summed E-state index contributed by atoms with van der Waals surface area (Å²) in [7, 11) is 0. The first kappa shape index (κ1) is 18.6. The predicted molar refractivity (Wildman–Crippen MR) is 103 cm³/mol. The molecule has 1 aromatic heterocycles. The third-order valence-corrected chi connectivity index (χ3v) is 5.93. The normalized spacial score (nSPS) is 18.9. The maximum atomic E-state index is 11.2. The van der Waals surface area contributed by atoms with Crippen LogP contribution in [0, 0.1) is 5.92 Å². The number of carbonyl (C=O) groups is 1. The van der Waals surface area contributed by atoms with E-state index in [1.165, 1.54) is 81.2 Å². The van der Waals surface area contributed by atoms with E-state index in [9.17, 15) is 4.79 Å². The summed E-state index contributed by atoms with van der Waals surface area (Å²) in [5, 5.41) is 0. The lowest BCUT2D eigenvalue weighted by atomic mass is 9.91. The van der Waals surface area contributed by atoms with E-state index < -0.39 is 0 Å².